The molecule has 0 radical (unpaired) electrons. The fourth-order valence-electron chi connectivity index (χ4n) is 5.49. The third-order valence-corrected chi connectivity index (χ3v) is 6.70. The number of nitrogens with zero attached hydrogens (tertiary/aromatic N) is 3. The first kappa shape index (κ1) is 16.8. The highest BCUT2D eigenvalue weighted by Gasteiger charge is 2.54. The molecule has 0 saturated carbocycles. The molecule has 1 aromatic carbocycles. The van der Waals surface area contributed by atoms with Crippen molar-refractivity contribution in [1.29, 1.82) is 0 Å². The minimum absolute atomic E-state index is 0.0634. The summed E-state index contributed by atoms with van der Waals surface area (Å²) in [7, 11) is 1.71. The van der Waals surface area contributed by atoms with Crippen molar-refractivity contribution in [3.63, 3.8) is 0 Å². The van der Waals surface area contributed by atoms with E-state index in [9.17, 15) is 4.79 Å². The quantitative estimate of drug-likeness (QED) is 0.906. The van der Waals surface area contributed by atoms with Gasteiger partial charge in [0.05, 0.1) is 13.2 Å². The molecule has 6 nitrogen and oxygen atoms in total. The van der Waals surface area contributed by atoms with Crippen LogP contribution in [-0.4, -0.2) is 64.7 Å². The standard InChI is InChI=1S/C21H26N4O2/c1-13-10-18(23-22-13)21(26)25-12-17(15-4-3-5-16(11-15)27-2)20-19(25)14-6-8-24(20)9-7-14/h3-5,10-11,14,17,19-20H,6-9,12H2,1-2H3,(H,22,23)/t17-,19-,20-/m1/s1. The molecule has 6 heteroatoms. The summed E-state index contributed by atoms with van der Waals surface area (Å²) in [6.07, 6.45) is 2.38. The van der Waals surface area contributed by atoms with Gasteiger partial charge in [0.25, 0.3) is 5.91 Å². The highest BCUT2D eigenvalue weighted by Crippen LogP contribution is 2.47. The fraction of sp³-hybridized carbons (Fsp3) is 0.524. The van der Waals surface area contributed by atoms with Gasteiger partial charge >= 0.3 is 0 Å². The van der Waals surface area contributed by atoms with Crippen LogP contribution in [-0.2, 0) is 0 Å². The molecule has 142 valence electrons. The number of aromatic nitrogens is 2. The van der Waals surface area contributed by atoms with Gasteiger partial charge in [0.2, 0.25) is 0 Å². The van der Waals surface area contributed by atoms with E-state index in [-0.39, 0.29) is 11.9 Å². The highest BCUT2D eigenvalue weighted by atomic mass is 16.5. The van der Waals surface area contributed by atoms with Crippen LogP contribution in [0.1, 0.15) is 40.5 Å². The Morgan fingerprint density at radius 2 is 2.04 bits per heavy atom. The molecule has 4 fully saturated rings. The van der Waals surface area contributed by atoms with Gasteiger partial charge < -0.3 is 9.64 Å². The van der Waals surface area contributed by atoms with Gasteiger partial charge in [-0.15, -0.1) is 0 Å². The largest absolute Gasteiger partial charge is 0.497 e. The van der Waals surface area contributed by atoms with Gasteiger partial charge in [0.15, 0.2) is 0 Å². The lowest BCUT2D eigenvalue weighted by atomic mass is 9.75. The van der Waals surface area contributed by atoms with Crippen LogP contribution in [0.15, 0.2) is 30.3 Å². The molecule has 4 saturated heterocycles. The molecule has 2 bridgehead atoms. The molecule has 4 aliphatic rings. The molecule has 1 aromatic heterocycles. The lowest BCUT2D eigenvalue weighted by molar-refractivity contribution is -0.00359. The Morgan fingerprint density at radius 3 is 2.74 bits per heavy atom. The number of rotatable bonds is 3. The molecule has 4 aliphatic heterocycles. The van der Waals surface area contributed by atoms with Gasteiger partial charge in [-0.3, -0.25) is 14.8 Å². The Labute approximate surface area is 159 Å². The number of piperidine rings is 3. The maximum Gasteiger partial charge on any atom is 0.274 e. The van der Waals surface area contributed by atoms with E-state index in [0.29, 0.717) is 23.6 Å². The number of hydrogen-bond acceptors (Lipinski definition) is 4. The molecule has 1 amide bonds. The van der Waals surface area contributed by atoms with Crippen molar-refractivity contribution in [3.05, 3.63) is 47.3 Å². The summed E-state index contributed by atoms with van der Waals surface area (Å²) < 4.78 is 5.45. The second-order valence-corrected chi connectivity index (χ2v) is 8.13. The third-order valence-electron chi connectivity index (χ3n) is 6.70. The van der Waals surface area contributed by atoms with Crippen LogP contribution in [0.5, 0.6) is 5.75 Å². The Morgan fingerprint density at radius 1 is 1.22 bits per heavy atom. The molecule has 0 spiro atoms. The Hall–Kier alpha value is -2.34. The second-order valence-electron chi connectivity index (χ2n) is 8.13. The number of fused-ring (bicyclic) bond motifs is 2. The smallest absolute Gasteiger partial charge is 0.274 e. The van der Waals surface area contributed by atoms with E-state index in [1.165, 1.54) is 18.4 Å². The van der Waals surface area contributed by atoms with Gasteiger partial charge in [-0.05, 0) is 62.5 Å². The van der Waals surface area contributed by atoms with Crippen LogP contribution >= 0.6 is 0 Å². The van der Waals surface area contributed by atoms with Crippen molar-refractivity contribution in [2.75, 3.05) is 26.7 Å². The number of aryl methyl sites for hydroxylation is 1. The molecule has 0 aliphatic carbocycles. The number of ether oxygens (including phenoxy) is 1. The van der Waals surface area contributed by atoms with Crippen molar-refractivity contribution in [3.8, 4) is 5.75 Å². The zero-order chi connectivity index (χ0) is 18.5. The van der Waals surface area contributed by atoms with E-state index in [1.54, 1.807) is 7.11 Å². The Balaban J connectivity index is 1.52. The number of methoxy groups -OCH3 is 1. The minimum atomic E-state index is 0.0634. The lowest BCUT2D eigenvalue weighted by Gasteiger charge is -2.51. The van der Waals surface area contributed by atoms with Gasteiger partial charge in [-0.1, -0.05) is 12.1 Å². The first-order chi connectivity index (χ1) is 13.2. The topological polar surface area (TPSA) is 61.5 Å². The summed E-state index contributed by atoms with van der Waals surface area (Å²) in [4.78, 5) is 18.0. The van der Waals surface area contributed by atoms with E-state index >= 15 is 0 Å². The average Bonchev–Trinajstić information content (AvgIpc) is 3.34. The van der Waals surface area contributed by atoms with Gasteiger partial charge in [-0.2, -0.15) is 5.10 Å². The molecule has 3 atom stereocenters. The summed E-state index contributed by atoms with van der Waals surface area (Å²) in [6.45, 7) is 4.98. The first-order valence-corrected chi connectivity index (χ1v) is 9.86. The highest BCUT2D eigenvalue weighted by molar-refractivity contribution is 5.93. The maximum absolute atomic E-state index is 13.3. The lowest BCUT2D eigenvalue weighted by Crippen LogP contribution is -2.60. The van der Waals surface area contributed by atoms with E-state index < -0.39 is 0 Å². The number of nitrogens with one attached hydrogen (secondary N) is 1. The molecule has 1 N–H and O–H groups in total. The first-order valence-electron chi connectivity index (χ1n) is 9.86. The summed E-state index contributed by atoms with van der Waals surface area (Å²) >= 11 is 0. The fourth-order valence-corrected chi connectivity index (χ4v) is 5.49. The van der Waals surface area contributed by atoms with Crippen molar-refractivity contribution < 1.29 is 9.53 Å². The predicted molar refractivity (Wildman–Crippen MR) is 102 cm³/mol. The predicted octanol–water partition coefficient (Wildman–Crippen LogP) is 2.43. The summed E-state index contributed by atoms with van der Waals surface area (Å²) in [5.41, 5.74) is 2.73. The zero-order valence-electron chi connectivity index (χ0n) is 15.9. The average molecular weight is 366 g/mol. The summed E-state index contributed by atoms with van der Waals surface area (Å²) in [5, 5.41) is 7.15. The normalized spacial score (nSPS) is 31.8. The summed E-state index contributed by atoms with van der Waals surface area (Å²) in [6, 6.07) is 10.9. The van der Waals surface area contributed by atoms with E-state index in [0.717, 1.165) is 31.1 Å². The van der Waals surface area contributed by atoms with Gasteiger partial charge in [0, 0.05) is 24.2 Å². The minimum Gasteiger partial charge on any atom is -0.497 e. The molecule has 2 aromatic rings. The van der Waals surface area contributed by atoms with E-state index in [2.05, 4.69) is 38.2 Å². The van der Waals surface area contributed by atoms with Crippen molar-refractivity contribution >= 4 is 5.91 Å². The Bertz CT molecular complexity index is 855. The monoisotopic (exact) mass is 366 g/mol. The number of benzene rings is 1. The van der Waals surface area contributed by atoms with Gasteiger partial charge in [-0.25, -0.2) is 0 Å². The van der Waals surface area contributed by atoms with Crippen LogP contribution in [0, 0.1) is 12.8 Å². The molecular weight excluding hydrogens is 340 g/mol. The molecule has 0 unspecified atom stereocenters. The number of likely N-dealkylation sites (tertiary alicyclic amines) is 1. The molecule has 27 heavy (non-hydrogen) atoms. The SMILES string of the molecule is COc1cccc([C@H]2CN(C(=O)c3cc(C)[nH]n3)[C@@H]3C4CCN(CC4)[C@H]23)c1. The number of H-pyrrole nitrogens is 1. The van der Waals surface area contributed by atoms with Crippen molar-refractivity contribution in [1.82, 2.24) is 20.0 Å². The van der Waals surface area contributed by atoms with Crippen molar-refractivity contribution in [2.45, 2.75) is 37.8 Å². The number of carbonyl (C=O) groups excluding carboxylic acids is 1. The van der Waals surface area contributed by atoms with E-state index in [4.69, 9.17) is 4.74 Å². The maximum atomic E-state index is 13.3. The third kappa shape index (κ3) is 2.65. The van der Waals surface area contributed by atoms with E-state index in [1.807, 2.05) is 19.1 Å². The Kier molecular flexibility index (Phi) is 3.97. The number of hydrogen-bond donors (Lipinski definition) is 1. The van der Waals surface area contributed by atoms with Crippen LogP contribution in [0.4, 0.5) is 0 Å². The van der Waals surface area contributed by atoms with Crippen LogP contribution in [0.25, 0.3) is 0 Å². The zero-order valence-corrected chi connectivity index (χ0v) is 15.9. The van der Waals surface area contributed by atoms with Gasteiger partial charge in [0.1, 0.15) is 11.4 Å². The number of amides is 1. The molecule has 6 rings (SSSR count). The molecule has 5 heterocycles. The number of carbonyl (C=O) groups is 1. The summed E-state index contributed by atoms with van der Waals surface area (Å²) in [5.74, 6) is 1.86. The van der Waals surface area contributed by atoms with Crippen LogP contribution < -0.4 is 4.74 Å². The molecular formula is C21H26N4O2. The van der Waals surface area contributed by atoms with Crippen LogP contribution in [0.3, 0.4) is 0 Å². The van der Waals surface area contributed by atoms with Crippen molar-refractivity contribution in [2.24, 2.45) is 5.92 Å². The van der Waals surface area contributed by atoms with Crippen LogP contribution in [0.2, 0.25) is 0 Å². The second kappa shape index (κ2) is 6.37. The number of aromatic amines is 1.